The third-order valence-corrected chi connectivity index (χ3v) is 6.59. The van der Waals surface area contributed by atoms with Gasteiger partial charge in [0.15, 0.2) is 5.13 Å². The predicted molar refractivity (Wildman–Crippen MR) is 131 cm³/mol. The Morgan fingerprint density at radius 3 is 2.47 bits per heavy atom. The van der Waals surface area contributed by atoms with Gasteiger partial charge in [0.2, 0.25) is 0 Å². The van der Waals surface area contributed by atoms with Crippen LogP contribution in [0.2, 0.25) is 0 Å². The third kappa shape index (κ3) is 5.22. The minimum absolute atomic E-state index is 0.163. The van der Waals surface area contributed by atoms with Crippen LogP contribution in [0.15, 0.2) is 47.2 Å². The molecule has 0 unspecified atom stereocenters. The first kappa shape index (κ1) is 22.6. The van der Waals surface area contributed by atoms with Crippen molar-refractivity contribution in [1.29, 1.82) is 0 Å². The average molecular weight is 470 g/mol. The summed E-state index contributed by atoms with van der Waals surface area (Å²) in [4.78, 5) is 9.21. The zero-order valence-corrected chi connectivity index (χ0v) is 20.1. The minimum atomic E-state index is -0.612. The molecule has 0 radical (unpaired) electrons. The Hall–Kier alpha value is -2.64. The zero-order chi connectivity index (χ0) is 22.9. The standard InChI is InChI=1S/C25H25F2N3S2/c1-5-17-13-31-23(28-17)22-20(10-16(26)11-21(22)27)15-7-6-8-18(9-15)29-24-30-19(14-32-24)12-25(2,3)4/h6-11,13-14H,5,12H2,1-4H3,(H,29,30). The number of benzene rings is 2. The highest BCUT2D eigenvalue weighted by molar-refractivity contribution is 7.14. The molecule has 7 heteroatoms. The Labute approximate surface area is 195 Å². The molecule has 2 aromatic carbocycles. The first-order valence-electron chi connectivity index (χ1n) is 10.5. The molecular weight excluding hydrogens is 444 g/mol. The molecule has 0 saturated heterocycles. The molecule has 1 N–H and O–H groups in total. The monoisotopic (exact) mass is 469 g/mol. The SMILES string of the molecule is CCc1csc(-c2c(F)cc(F)cc2-c2cccc(Nc3nc(CC(C)(C)C)cs3)c2)n1. The van der Waals surface area contributed by atoms with Crippen molar-refractivity contribution < 1.29 is 8.78 Å². The molecule has 0 spiro atoms. The summed E-state index contributed by atoms with van der Waals surface area (Å²) in [5.74, 6) is -1.22. The van der Waals surface area contributed by atoms with Crippen LogP contribution in [0.3, 0.4) is 0 Å². The van der Waals surface area contributed by atoms with Gasteiger partial charge in [0, 0.05) is 22.5 Å². The molecule has 2 heterocycles. The van der Waals surface area contributed by atoms with Gasteiger partial charge >= 0.3 is 0 Å². The lowest BCUT2D eigenvalue weighted by atomic mass is 9.91. The molecule has 0 saturated carbocycles. The number of hydrogen-bond acceptors (Lipinski definition) is 5. The van der Waals surface area contributed by atoms with Crippen LogP contribution in [0.5, 0.6) is 0 Å². The number of halogens is 2. The fourth-order valence-corrected chi connectivity index (χ4v) is 5.17. The molecule has 0 bridgehead atoms. The second kappa shape index (κ2) is 9.08. The lowest BCUT2D eigenvalue weighted by molar-refractivity contribution is 0.407. The molecule has 0 fully saturated rings. The van der Waals surface area contributed by atoms with Crippen molar-refractivity contribution in [3.05, 3.63) is 70.2 Å². The summed E-state index contributed by atoms with van der Waals surface area (Å²) in [6.45, 7) is 8.56. The van der Waals surface area contributed by atoms with E-state index < -0.39 is 11.6 Å². The highest BCUT2D eigenvalue weighted by atomic mass is 32.1. The average Bonchev–Trinajstić information content (AvgIpc) is 3.35. The van der Waals surface area contributed by atoms with Crippen LogP contribution in [-0.2, 0) is 12.8 Å². The summed E-state index contributed by atoms with van der Waals surface area (Å²) in [7, 11) is 0. The van der Waals surface area contributed by atoms with E-state index in [1.54, 1.807) is 11.3 Å². The smallest absolute Gasteiger partial charge is 0.187 e. The normalized spacial score (nSPS) is 11.7. The van der Waals surface area contributed by atoms with Gasteiger partial charge in [0.05, 0.1) is 17.0 Å². The first-order valence-corrected chi connectivity index (χ1v) is 12.2. The molecule has 0 aliphatic rings. The van der Waals surface area contributed by atoms with Crippen LogP contribution in [-0.4, -0.2) is 9.97 Å². The predicted octanol–water partition coefficient (Wildman–Crippen LogP) is 8.11. The number of nitrogens with zero attached hydrogens (tertiary/aromatic N) is 2. The van der Waals surface area contributed by atoms with E-state index >= 15 is 0 Å². The highest BCUT2D eigenvalue weighted by Gasteiger charge is 2.19. The van der Waals surface area contributed by atoms with Crippen molar-refractivity contribution in [2.45, 2.75) is 40.5 Å². The van der Waals surface area contributed by atoms with E-state index in [0.29, 0.717) is 21.7 Å². The Balaban J connectivity index is 1.68. The van der Waals surface area contributed by atoms with Crippen molar-refractivity contribution in [3.8, 4) is 21.7 Å². The van der Waals surface area contributed by atoms with Crippen molar-refractivity contribution in [2.75, 3.05) is 5.32 Å². The largest absolute Gasteiger partial charge is 0.332 e. The van der Waals surface area contributed by atoms with E-state index in [1.165, 1.54) is 17.4 Å². The maximum Gasteiger partial charge on any atom is 0.187 e. The number of hydrogen-bond donors (Lipinski definition) is 1. The maximum atomic E-state index is 14.9. The van der Waals surface area contributed by atoms with E-state index in [9.17, 15) is 8.78 Å². The molecule has 0 aliphatic heterocycles. The number of anilines is 2. The van der Waals surface area contributed by atoms with Gasteiger partial charge in [-0.25, -0.2) is 18.7 Å². The van der Waals surface area contributed by atoms with E-state index in [1.807, 2.05) is 36.6 Å². The summed E-state index contributed by atoms with van der Waals surface area (Å²) < 4.78 is 29.1. The highest BCUT2D eigenvalue weighted by Crippen LogP contribution is 2.38. The Bertz CT molecular complexity index is 1240. The van der Waals surface area contributed by atoms with Crippen molar-refractivity contribution in [3.63, 3.8) is 0 Å². The second-order valence-corrected chi connectivity index (χ2v) is 10.6. The second-order valence-electron chi connectivity index (χ2n) is 8.89. The molecule has 0 amide bonds. The lowest BCUT2D eigenvalue weighted by Gasteiger charge is -2.15. The molecule has 32 heavy (non-hydrogen) atoms. The molecule has 0 atom stereocenters. The van der Waals surface area contributed by atoms with Crippen molar-refractivity contribution in [1.82, 2.24) is 9.97 Å². The molecule has 166 valence electrons. The summed E-state index contributed by atoms with van der Waals surface area (Å²) in [5, 5.41) is 8.65. The van der Waals surface area contributed by atoms with Gasteiger partial charge in [-0.3, -0.25) is 0 Å². The Morgan fingerprint density at radius 2 is 1.75 bits per heavy atom. The van der Waals surface area contributed by atoms with Crippen LogP contribution in [0.4, 0.5) is 19.6 Å². The van der Waals surface area contributed by atoms with Crippen molar-refractivity contribution in [2.24, 2.45) is 5.41 Å². The summed E-state index contributed by atoms with van der Waals surface area (Å²) in [5.41, 5.74) is 4.43. The number of rotatable bonds is 6. The molecule has 2 aromatic heterocycles. The topological polar surface area (TPSA) is 37.8 Å². The minimum Gasteiger partial charge on any atom is -0.332 e. The number of thiazole rings is 2. The van der Waals surface area contributed by atoms with Crippen LogP contribution in [0.1, 0.15) is 39.1 Å². The summed E-state index contributed by atoms with van der Waals surface area (Å²) in [6, 6.07) is 9.81. The van der Waals surface area contributed by atoms with Crippen LogP contribution >= 0.6 is 22.7 Å². The molecule has 3 nitrogen and oxygen atoms in total. The van der Waals surface area contributed by atoms with E-state index in [-0.39, 0.29) is 5.41 Å². The van der Waals surface area contributed by atoms with Gasteiger partial charge in [-0.15, -0.1) is 22.7 Å². The quantitative estimate of drug-likeness (QED) is 0.310. The lowest BCUT2D eigenvalue weighted by Crippen LogP contribution is -2.09. The summed E-state index contributed by atoms with van der Waals surface area (Å²) in [6.07, 6.45) is 1.66. The first-order chi connectivity index (χ1) is 15.2. The molecular formula is C25H25F2N3S2. The van der Waals surface area contributed by atoms with E-state index in [0.717, 1.165) is 41.1 Å². The van der Waals surface area contributed by atoms with Crippen LogP contribution in [0, 0.1) is 17.0 Å². The van der Waals surface area contributed by atoms with Crippen molar-refractivity contribution >= 4 is 33.5 Å². The van der Waals surface area contributed by atoms with E-state index in [2.05, 4.69) is 41.4 Å². The fraction of sp³-hybridized carbons (Fsp3) is 0.280. The summed E-state index contributed by atoms with van der Waals surface area (Å²) >= 11 is 2.92. The molecule has 4 aromatic rings. The number of aryl methyl sites for hydroxylation is 1. The molecule has 0 aliphatic carbocycles. The van der Waals surface area contributed by atoms with Gasteiger partial charge in [-0.05, 0) is 47.6 Å². The molecule has 4 rings (SSSR count). The van der Waals surface area contributed by atoms with Crippen LogP contribution < -0.4 is 5.32 Å². The van der Waals surface area contributed by atoms with Crippen LogP contribution in [0.25, 0.3) is 21.7 Å². The van der Waals surface area contributed by atoms with Gasteiger partial charge in [0.1, 0.15) is 16.6 Å². The maximum absolute atomic E-state index is 14.9. The van der Waals surface area contributed by atoms with Gasteiger partial charge in [0.25, 0.3) is 0 Å². The van der Waals surface area contributed by atoms with Gasteiger partial charge < -0.3 is 5.32 Å². The Morgan fingerprint density at radius 1 is 0.969 bits per heavy atom. The fourth-order valence-electron chi connectivity index (χ4n) is 3.48. The van der Waals surface area contributed by atoms with Gasteiger partial charge in [-0.2, -0.15) is 0 Å². The zero-order valence-electron chi connectivity index (χ0n) is 18.5. The third-order valence-electron chi connectivity index (χ3n) is 4.87. The van der Waals surface area contributed by atoms with E-state index in [4.69, 9.17) is 0 Å². The number of aromatic nitrogens is 2. The number of nitrogens with one attached hydrogen (secondary N) is 1. The van der Waals surface area contributed by atoms with Gasteiger partial charge in [-0.1, -0.05) is 39.8 Å². The Kier molecular flexibility index (Phi) is 6.40.